The van der Waals surface area contributed by atoms with E-state index >= 15 is 0 Å². The fraction of sp³-hybridized carbons (Fsp3) is 0.591. The highest BCUT2D eigenvalue weighted by Crippen LogP contribution is 2.61. The van der Waals surface area contributed by atoms with E-state index in [4.69, 9.17) is 4.74 Å². The molecule has 0 radical (unpaired) electrons. The van der Waals surface area contributed by atoms with Gasteiger partial charge in [0.1, 0.15) is 17.3 Å². The van der Waals surface area contributed by atoms with Crippen LogP contribution < -0.4 is 4.74 Å². The number of aromatic hydroxyl groups is 1. The molecule has 3 rings (SSSR count). The molecule has 2 N–H and O–H groups in total. The predicted octanol–water partition coefficient (Wildman–Crippen LogP) is 4.18. The molecule has 3 atom stereocenters. The minimum Gasteiger partial charge on any atom is -0.508 e. The lowest BCUT2D eigenvalue weighted by Crippen LogP contribution is -2.54. The summed E-state index contributed by atoms with van der Waals surface area (Å²) in [5.41, 5.74) is 2.32. The molecule has 0 heterocycles. The molecule has 1 aromatic rings. The Morgan fingerprint density at radius 1 is 1.38 bits per heavy atom. The van der Waals surface area contributed by atoms with Gasteiger partial charge in [-0.3, -0.25) is 4.79 Å². The van der Waals surface area contributed by atoms with Gasteiger partial charge in [-0.05, 0) is 36.3 Å². The molecule has 0 bridgehead atoms. The summed E-state index contributed by atoms with van der Waals surface area (Å²) in [7, 11) is 1.66. The molecule has 0 aromatic heterocycles. The number of rotatable bonds is 3. The van der Waals surface area contributed by atoms with Crippen molar-refractivity contribution >= 4 is 11.4 Å². The van der Waals surface area contributed by atoms with Gasteiger partial charge in [-0.25, -0.2) is 0 Å². The van der Waals surface area contributed by atoms with Crippen molar-refractivity contribution in [2.45, 2.75) is 58.3 Å². The number of carbonyl (C=O) groups is 1. The number of phenols is 1. The maximum Gasteiger partial charge on any atom is 0.141 e. The number of methoxy groups -OCH3 is 1. The first kappa shape index (κ1) is 19.0. The number of aliphatic hydroxyl groups is 1. The maximum absolute atomic E-state index is 12.6. The number of Topliss-reactive ketones (excluding diaryl/α,β-unsaturated/α-hetero) is 1. The van der Waals surface area contributed by atoms with Crippen LogP contribution in [0.4, 0.5) is 0 Å². The lowest BCUT2D eigenvalue weighted by molar-refractivity contribution is -0.141. The third-order valence-electron chi connectivity index (χ3n) is 6.86. The molecule has 26 heavy (non-hydrogen) atoms. The Hall–Kier alpha value is -1.81. The zero-order chi connectivity index (χ0) is 19.4. The number of phenolic OH excluding ortho intramolecular Hbond substituents is 1. The lowest BCUT2D eigenvalue weighted by Gasteiger charge is -2.54. The molecular formula is C22H30O4. The van der Waals surface area contributed by atoms with E-state index in [0.29, 0.717) is 19.3 Å². The van der Waals surface area contributed by atoms with Crippen molar-refractivity contribution in [1.82, 2.24) is 0 Å². The van der Waals surface area contributed by atoms with Crippen molar-refractivity contribution in [3.05, 3.63) is 29.3 Å². The van der Waals surface area contributed by atoms with E-state index in [0.717, 1.165) is 28.0 Å². The Morgan fingerprint density at radius 2 is 2.04 bits per heavy atom. The fourth-order valence-electron chi connectivity index (χ4n) is 5.26. The Kier molecular flexibility index (Phi) is 4.47. The van der Waals surface area contributed by atoms with E-state index < -0.39 is 10.8 Å². The van der Waals surface area contributed by atoms with Crippen molar-refractivity contribution in [3.63, 3.8) is 0 Å². The molecule has 2 aliphatic rings. The second-order valence-electron chi connectivity index (χ2n) is 8.70. The molecule has 0 spiro atoms. The summed E-state index contributed by atoms with van der Waals surface area (Å²) in [6, 6.07) is 1.80. The topological polar surface area (TPSA) is 66.8 Å². The van der Waals surface area contributed by atoms with Gasteiger partial charge in [0.15, 0.2) is 0 Å². The van der Waals surface area contributed by atoms with Crippen LogP contribution in [-0.4, -0.2) is 29.7 Å². The van der Waals surface area contributed by atoms with E-state index in [1.807, 2.05) is 6.92 Å². The zero-order valence-electron chi connectivity index (χ0n) is 16.5. The Morgan fingerprint density at radius 3 is 2.58 bits per heavy atom. The molecular weight excluding hydrogens is 328 g/mol. The molecule has 2 aliphatic carbocycles. The number of benzene rings is 1. The van der Waals surface area contributed by atoms with Gasteiger partial charge in [-0.2, -0.15) is 0 Å². The summed E-state index contributed by atoms with van der Waals surface area (Å²) in [6.07, 6.45) is 1.68. The standard InChI is InChI=1S/C22H30O4/c1-12(2)14-10-15(24)19-18(20(14)26-6)13(3)9-16-21(19,4)8-7-17(25)22(16,5)11-23/h10,12,16,23-24H,3,7-9,11H2,1-2,4-6H3/t16-,21+,22-/m1/s1. The number of aliphatic hydroxyl groups excluding tert-OH is 1. The fourth-order valence-corrected chi connectivity index (χ4v) is 5.26. The minimum atomic E-state index is -0.815. The SMILES string of the molecule is C=C1C[C@H]2[C@@](C)(CO)C(=O)CC[C@]2(C)c2c(O)cc(C(C)C)c(OC)c21. The average Bonchev–Trinajstić information content (AvgIpc) is 2.60. The molecule has 1 fully saturated rings. The van der Waals surface area contributed by atoms with Gasteiger partial charge in [0.25, 0.3) is 0 Å². The molecule has 0 amide bonds. The number of ether oxygens (including phenoxy) is 1. The summed E-state index contributed by atoms with van der Waals surface area (Å²) in [4.78, 5) is 12.6. The number of hydrogen-bond acceptors (Lipinski definition) is 4. The molecule has 1 aromatic carbocycles. The summed E-state index contributed by atoms with van der Waals surface area (Å²) < 4.78 is 5.77. The van der Waals surface area contributed by atoms with Crippen LogP contribution in [0.25, 0.3) is 5.57 Å². The normalized spacial score (nSPS) is 31.0. The largest absolute Gasteiger partial charge is 0.508 e. The molecule has 4 nitrogen and oxygen atoms in total. The summed E-state index contributed by atoms with van der Waals surface area (Å²) >= 11 is 0. The van der Waals surface area contributed by atoms with Crippen LogP contribution in [0.2, 0.25) is 0 Å². The van der Waals surface area contributed by atoms with Crippen LogP contribution in [0.15, 0.2) is 12.6 Å². The van der Waals surface area contributed by atoms with Gasteiger partial charge in [0, 0.05) is 28.5 Å². The first-order chi connectivity index (χ1) is 12.1. The van der Waals surface area contributed by atoms with Crippen LogP contribution in [-0.2, 0) is 10.2 Å². The second kappa shape index (κ2) is 6.12. The van der Waals surface area contributed by atoms with Crippen molar-refractivity contribution in [3.8, 4) is 11.5 Å². The number of carbonyl (C=O) groups excluding carboxylic acids is 1. The van der Waals surface area contributed by atoms with Crippen molar-refractivity contribution < 1.29 is 19.7 Å². The molecule has 0 aliphatic heterocycles. The zero-order valence-corrected chi connectivity index (χ0v) is 16.5. The monoisotopic (exact) mass is 358 g/mol. The number of allylic oxidation sites excluding steroid dienone is 1. The van der Waals surface area contributed by atoms with Gasteiger partial charge in [-0.15, -0.1) is 0 Å². The molecule has 0 unspecified atom stereocenters. The van der Waals surface area contributed by atoms with E-state index in [9.17, 15) is 15.0 Å². The highest BCUT2D eigenvalue weighted by atomic mass is 16.5. The smallest absolute Gasteiger partial charge is 0.141 e. The predicted molar refractivity (Wildman–Crippen MR) is 103 cm³/mol. The molecule has 0 saturated heterocycles. The first-order valence-corrected chi connectivity index (χ1v) is 9.38. The van der Waals surface area contributed by atoms with E-state index in [2.05, 4.69) is 27.4 Å². The third-order valence-corrected chi connectivity index (χ3v) is 6.86. The van der Waals surface area contributed by atoms with Crippen LogP contribution in [0.5, 0.6) is 11.5 Å². The highest BCUT2D eigenvalue weighted by Gasteiger charge is 2.57. The molecule has 4 heteroatoms. The third kappa shape index (κ3) is 2.34. The van der Waals surface area contributed by atoms with Crippen LogP contribution in [0.3, 0.4) is 0 Å². The highest BCUT2D eigenvalue weighted by molar-refractivity contribution is 5.89. The average molecular weight is 358 g/mol. The van der Waals surface area contributed by atoms with E-state index in [-0.39, 0.29) is 30.0 Å². The van der Waals surface area contributed by atoms with Crippen LogP contribution in [0.1, 0.15) is 69.6 Å². The number of ketones is 1. The summed E-state index contributed by atoms with van der Waals surface area (Å²) in [5.74, 6) is 1.23. The Balaban J connectivity index is 2.32. The second-order valence-corrected chi connectivity index (χ2v) is 8.70. The lowest BCUT2D eigenvalue weighted by atomic mass is 9.48. The number of hydrogen-bond donors (Lipinski definition) is 2. The van der Waals surface area contributed by atoms with Crippen molar-refractivity contribution in [1.29, 1.82) is 0 Å². The first-order valence-electron chi connectivity index (χ1n) is 9.38. The number of fused-ring (bicyclic) bond motifs is 3. The van der Waals surface area contributed by atoms with Crippen molar-refractivity contribution in [2.75, 3.05) is 13.7 Å². The quantitative estimate of drug-likeness (QED) is 0.851. The van der Waals surface area contributed by atoms with Gasteiger partial charge in [-0.1, -0.05) is 34.3 Å². The summed E-state index contributed by atoms with van der Waals surface area (Å²) in [5, 5.41) is 21.1. The van der Waals surface area contributed by atoms with E-state index in [1.165, 1.54) is 0 Å². The molecule has 142 valence electrons. The van der Waals surface area contributed by atoms with Crippen LogP contribution >= 0.6 is 0 Å². The molecule has 1 saturated carbocycles. The van der Waals surface area contributed by atoms with Crippen molar-refractivity contribution in [2.24, 2.45) is 11.3 Å². The van der Waals surface area contributed by atoms with Gasteiger partial charge < -0.3 is 14.9 Å². The van der Waals surface area contributed by atoms with Crippen LogP contribution in [0, 0.1) is 11.3 Å². The van der Waals surface area contributed by atoms with Gasteiger partial charge in [0.2, 0.25) is 0 Å². The Bertz CT molecular complexity index is 779. The Labute approximate surface area is 155 Å². The minimum absolute atomic E-state index is 0.0956. The summed E-state index contributed by atoms with van der Waals surface area (Å²) in [6.45, 7) is 12.2. The van der Waals surface area contributed by atoms with E-state index in [1.54, 1.807) is 13.2 Å². The van der Waals surface area contributed by atoms with Gasteiger partial charge in [0.05, 0.1) is 19.1 Å². The maximum atomic E-state index is 12.6. The van der Waals surface area contributed by atoms with Gasteiger partial charge >= 0.3 is 0 Å².